The quantitative estimate of drug-likeness (QED) is 0.821. The van der Waals surface area contributed by atoms with Crippen molar-refractivity contribution in [2.24, 2.45) is 5.73 Å². The molecule has 0 aliphatic heterocycles. The van der Waals surface area contributed by atoms with Gasteiger partial charge in [0.25, 0.3) is 0 Å². The molecule has 1 rings (SSSR count). The molecule has 1 aromatic rings. The van der Waals surface area contributed by atoms with Crippen molar-refractivity contribution in [3.8, 4) is 0 Å². The Bertz CT molecular complexity index is 470. The van der Waals surface area contributed by atoms with Crippen LogP contribution in [0, 0.1) is 0 Å². The Hall–Kier alpha value is -0.470. The van der Waals surface area contributed by atoms with E-state index in [1.165, 1.54) is 15.6 Å². The Balaban J connectivity index is 3.11. The predicted octanol–water partition coefficient (Wildman–Crippen LogP) is 1.25. The molecule has 104 valence electrons. The van der Waals surface area contributed by atoms with Crippen molar-refractivity contribution in [1.82, 2.24) is 4.31 Å². The molecule has 2 N–H and O–H groups in total. The van der Waals surface area contributed by atoms with Crippen LogP contribution < -0.4 is 5.73 Å². The molecule has 1 atom stereocenters. The molecule has 5 nitrogen and oxygen atoms in total. The number of thiophene rings is 1. The van der Waals surface area contributed by atoms with E-state index in [2.05, 4.69) is 0 Å². The third-order valence-corrected chi connectivity index (χ3v) is 5.93. The van der Waals surface area contributed by atoms with Crippen LogP contribution in [0.25, 0.3) is 0 Å². The van der Waals surface area contributed by atoms with Crippen LogP contribution in [0.15, 0.2) is 16.3 Å². The Morgan fingerprint density at radius 3 is 2.72 bits per heavy atom. The number of rotatable bonds is 7. The van der Waals surface area contributed by atoms with E-state index in [-0.39, 0.29) is 12.6 Å². The van der Waals surface area contributed by atoms with Crippen LogP contribution in [-0.2, 0) is 21.3 Å². The molecule has 0 fully saturated rings. The molecular weight excluding hydrogens is 272 g/mol. The zero-order chi connectivity index (χ0) is 13.8. The molecule has 18 heavy (non-hydrogen) atoms. The summed E-state index contributed by atoms with van der Waals surface area (Å²) < 4.78 is 31.6. The van der Waals surface area contributed by atoms with Gasteiger partial charge in [0.1, 0.15) is 0 Å². The summed E-state index contributed by atoms with van der Waals surface area (Å²) in [4.78, 5) is 1.01. The standard InChI is InChI=1S/C11H20N2O3S2/c1-4-13(9(2)8-16-3)18(14,15)11-5-6-17-10(11)7-12/h5-6,9H,4,7-8,12H2,1-3H3. The van der Waals surface area contributed by atoms with Crippen molar-refractivity contribution in [1.29, 1.82) is 0 Å². The Morgan fingerprint density at radius 1 is 1.56 bits per heavy atom. The summed E-state index contributed by atoms with van der Waals surface area (Å²) in [5.41, 5.74) is 5.57. The van der Waals surface area contributed by atoms with E-state index in [0.29, 0.717) is 22.9 Å². The number of hydrogen-bond donors (Lipinski definition) is 1. The minimum absolute atomic E-state index is 0.199. The Morgan fingerprint density at radius 2 is 2.22 bits per heavy atom. The summed E-state index contributed by atoms with van der Waals surface area (Å²) in [6.45, 7) is 4.67. The van der Waals surface area contributed by atoms with Crippen LogP contribution in [0.5, 0.6) is 0 Å². The van der Waals surface area contributed by atoms with Gasteiger partial charge in [-0.3, -0.25) is 0 Å². The lowest BCUT2D eigenvalue weighted by Gasteiger charge is -2.26. The second-order valence-electron chi connectivity index (χ2n) is 3.92. The fraction of sp³-hybridized carbons (Fsp3) is 0.636. The lowest BCUT2D eigenvalue weighted by molar-refractivity contribution is 0.142. The number of nitrogens with two attached hydrogens (primary N) is 1. The molecule has 0 saturated heterocycles. The Kier molecular flexibility index (Phi) is 5.74. The summed E-state index contributed by atoms with van der Waals surface area (Å²) in [5.74, 6) is 0. The fourth-order valence-electron chi connectivity index (χ4n) is 1.88. The van der Waals surface area contributed by atoms with Gasteiger partial charge in [-0.25, -0.2) is 8.42 Å². The molecule has 0 amide bonds. The first-order valence-corrected chi connectivity index (χ1v) is 8.08. The van der Waals surface area contributed by atoms with Crippen molar-refractivity contribution in [2.45, 2.75) is 31.3 Å². The van der Waals surface area contributed by atoms with Gasteiger partial charge in [0, 0.05) is 31.1 Å². The third-order valence-electron chi connectivity index (χ3n) is 2.69. The molecule has 0 aromatic carbocycles. The highest BCUT2D eigenvalue weighted by Gasteiger charge is 2.29. The van der Waals surface area contributed by atoms with Crippen LogP contribution in [0.3, 0.4) is 0 Å². The number of sulfonamides is 1. The molecular formula is C11H20N2O3S2. The SMILES string of the molecule is CCN(C(C)COC)S(=O)(=O)c1ccsc1CN. The van der Waals surface area contributed by atoms with Gasteiger partial charge in [0.15, 0.2) is 0 Å². The lowest BCUT2D eigenvalue weighted by atomic mass is 10.4. The van der Waals surface area contributed by atoms with Gasteiger partial charge < -0.3 is 10.5 Å². The molecule has 0 aliphatic rings. The highest BCUT2D eigenvalue weighted by molar-refractivity contribution is 7.89. The molecule has 0 saturated carbocycles. The third kappa shape index (κ3) is 3.10. The van der Waals surface area contributed by atoms with E-state index < -0.39 is 10.0 Å². The van der Waals surface area contributed by atoms with E-state index in [1.807, 2.05) is 13.8 Å². The van der Waals surface area contributed by atoms with Gasteiger partial charge in [0.2, 0.25) is 10.0 Å². The maximum Gasteiger partial charge on any atom is 0.244 e. The lowest BCUT2D eigenvalue weighted by Crippen LogP contribution is -2.41. The molecule has 0 bridgehead atoms. The minimum Gasteiger partial charge on any atom is -0.383 e. The largest absolute Gasteiger partial charge is 0.383 e. The van der Waals surface area contributed by atoms with E-state index in [9.17, 15) is 8.42 Å². The summed E-state index contributed by atoms with van der Waals surface area (Å²) in [5, 5.41) is 1.75. The van der Waals surface area contributed by atoms with Gasteiger partial charge in [-0.15, -0.1) is 11.3 Å². The van der Waals surface area contributed by atoms with Crippen molar-refractivity contribution < 1.29 is 13.2 Å². The molecule has 0 radical (unpaired) electrons. The smallest absolute Gasteiger partial charge is 0.244 e. The van der Waals surface area contributed by atoms with Gasteiger partial charge in [-0.1, -0.05) is 6.92 Å². The average Bonchev–Trinajstić information content (AvgIpc) is 2.78. The van der Waals surface area contributed by atoms with Gasteiger partial charge in [-0.05, 0) is 18.4 Å². The summed E-state index contributed by atoms with van der Waals surface area (Å²) in [7, 11) is -1.93. The second-order valence-corrected chi connectivity index (χ2v) is 6.78. The fourth-order valence-corrected chi connectivity index (χ4v) is 4.81. The number of likely N-dealkylation sites (N-methyl/N-ethyl adjacent to an activating group) is 1. The van der Waals surface area contributed by atoms with E-state index in [0.717, 1.165) is 0 Å². The van der Waals surface area contributed by atoms with E-state index >= 15 is 0 Å². The van der Waals surface area contributed by atoms with E-state index in [4.69, 9.17) is 10.5 Å². The number of hydrogen-bond acceptors (Lipinski definition) is 5. The summed E-state index contributed by atoms with van der Waals surface area (Å²) >= 11 is 1.37. The minimum atomic E-state index is -3.49. The summed E-state index contributed by atoms with van der Waals surface area (Å²) in [6, 6.07) is 1.42. The first-order chi connectivity index (χ1) is 8.48. The van der Waals surface area contributed by atoms with E-state index in [1.54, 1.807) is 18.6 Å². The molecule has 1 aromatic heterocycles. The zero-order valence-corrected chi connectivity index (χ0v) is 12.6. The Labute approximate surface area is 113 Å². The molecule has 7 heteroatoms. The zero-order valence-electron chi connectivity index (χ0n) is 10.9. The van der Waals surface area contributed by atoms with Crippen LogP contribution in [0.4, 0.5) is 0 Å². The number of methoxy groups -OCH3 is 1. The predicted molar refractivity (Wildman–Crippen MR) is 73.1 cm³/mol. The number of ether oxygens (including phenoxy) is 1. The topological polar surface area (TPSA) is 72.6 Å². The van der Waals surface area contributed by atoms with Crippen molar-refractivity contribution in [2.75, 3.05) is 20.3 Å². The highest BCUT2D eigenvalue weighted by atomic mass is 32.2. The molecule has 1 unspecified atom stereocenters. The summed E-state index contributed by atoms with van der Waals surface area (Å²) in [6.07, 6.45) is 0. The highest BCUT2D eigenvalue weighted by Crippen LogP contribution is 2.26. The van der Waals surface area contributed by atoms with Crippen LogP contribution >= 0.6 is 11.3 Å². The normalized spacial score (nSPS) is 14.1. The average molecular weight is 292 g/mol. The molecule has 0 spiro atoms. The van der Waals surface area contributed by atoms with Crippen LogP contribution in [-0.4, -0.2) is 39.0 Å². The molecule has 1 heterocycles. The number of nitrogens with zero attached hydrogens (tertiary/aromatic N) is 1. The second kappa shape index (κ2) is 6.63. The van der Waals surface area contributed by atoms with Crippen LogP contribution in [0.2, 0.25) is 0 Å². The van der Waals surface area contributed by atoms with Gasteiger partial charge in [-0.2, -0.15) is 4.31 Å². The van der Waals surface area contributed by atoms with Gasteiger partial charge >= 0.3 is 0 Å². The molecule has 0 aliphatic carbocycles. The van der Waals surface area contributed by atoms with Crippen LogP contribution in [0.1, 0.15) is 18.7 Å². The maximum absolute atomic E-state index is 12.5. The van der Waals surface area contributed by atoms with Crippen molar-refractivity contribution >= 4 is 21.4 Å². The van der Waals surface area contributed by atoms with Crippen molar-refractivity contribution in [3.63, 3.8) is 0 Å². The monoisotopic (exact) mass is 292 g/mol. The van der Waals surface area contributed by atoms with Gasteiger partial charge in [0.05, 0.1) is 11.5 Å². The van der Waals surface area contributed by atoms with Crippen molar-refractivity contribution in [3.05, 3.63) is 16.3 Å². The first kappa shape index (κ1) is 15.6. The maximum atomic E-state index is 12.5. The first-order valence-electron chi connectivity index (χ1n) is 5.76.